The summed E-state index contributed by atoms with van der Waals surface area (Å²) in [6.07, 6.45) is 6.41. The van der Waals surface area contributed by atoms with E-state index < -0.39 is 0 Å². The Bertz CT molecular complexity index is 350. The van der Waals surface area contributed by atoms with E-state index in [-0.39, 0.29) is 6.04 Å². The van der Waals surface area contributed by atoms with E-state index >= 15 is 0 Å². The third kappa shape index (κ3) is 3.10. The molecule has 1 aliphatic rings. The second-order valence-corrected chi connectivity index (χ2v) is 5.64. The van der Waals surface area contributed by atoms with Crippen molar-refractivity contribution in [2.75, 3.05) is 0 Å². The smallest absolute Gasteiger partial charge is 0.0323 e. The van der Waals surface area contributed by atoms with Gasteiger partial charge in [-0.2, -0.15) is 0 Å². The average molecular weight is 231 g/mol. The van der Waals surface area contributed by atoms with Gasteiger partial charge in [-0.05, 0) is 42.2 Å². The lowest BCUT2D eigenvalue weighted by Gasteiger charge is -2.31. The topological polar surface area (TPSA) is 26.0 Å². The summed E-state index contributed by atoms with van der Waals surface area (Å²) in [6, 6.07) is 9.08. The van der Waals surface area contributed by atoms with Crippen molar-refractivity contribution in [3.05, 3.63) is 35.4 Å². The molecule has 1 nitrogen and oxygen atoms in total. The SMILES string of the molecule is CCc1cccc(C(N)C2CCC(C)CC2)c1. The summed E-state index contributed by atoms with van der Waals surface area (Å²) in [5.74, 6) is 1.60. The fourth-order valence-electron chi connectivity index (χ4n) is 2.94. The molecule has 1 aromatic carbocycles. The lowest BCUT2D eigenvalue weighted by atomic mass is 9.77. The highest BCUT2D eigenvalue weighted by Gasteiger charge is 2.24. The molecule has 1 aliphatic carbocycles. The molecule has 1 saturated carbocycles. The van der Waals surface area contributed by atoms with E-state index in [1.54, 1.807) is 0 Å². The van der Waals surface area contributed by atoms with Crippen LogP contribution in [0, 0.1) is 11.8 Å². The molecule has 1 heteroatoms. The minimum atomic E-state index is 0.244. The molecule has 0 spiro atoms. The number of hydrogen-bond donors (Lipinski definition) is 1. The predicted octanol–water partition coefficient (Wildman–Crippen LogP) is 4.08. The van der Waals surface area contributed by atoms with Crippen LogP contribution in [0.4, 0.5) is 0 Å². The molecule has 1 atom stereocenters. The Labute approximate surface area is 105 Å². The molecule has 0 amide bonds. The number of aryl methyl sites for hydroxylation is 1. The molecule has 1 fully saturated rings. The largest absolute Gasteiger partial charge is 0.324 e. The third-order valence-electron chi connectivity index (χ3n) is 4.31. The van der Waals surface area contributed by atoms with Crippen LogP contribution in [0.5, 0.6) is 0 Å². The van der Waals surface area contributed by atoms with E-state index in [1.165, 1.54) is 36.8 Å². The molecular formula is C16H25N. The van der Waals surface area contributed by atoms with E-state index in [4.69, 9.17) is 5.73 Å². The maximum Gasteiger partial charge on any atom is 0.0323 e. The molecule has 0 bridgehead atoms. The molecule has 0 radical (unpaired) electrons. The van der Waals surface area contributed by atoms with Crippen LogP contribution in [0.25, 0.3) is 0 Å². The van der Waals surface area contributed by atoms with Gasteiger partial charge >= 0.3 is 0 Å². The van der Waals surface area contributed by atoms with Gasteiger partial charge in [0.05, 0.1) is 0 Å². The number of nitrogens with two attached hydrogens (primary N) is 1. The van der Waals surface area contributed by atoms with Crippen molar-refractivity contribution in [1.82, 2.24) is 0 Å². The third-order valence-corrected chi connectivity index (χ3v) is 4.31. The lowest BCUT2D eigenvalue weighted by Crippen LogP contribution is -2.25. The fraction of sp³-hybridized carbons (Fsp3) is 0.625. The van der Waals surface area contributed by atoms with Gasteiger partial charge in [0.15, 0.2) is 0 Å². The monoisotopic (exact) mass is 231 g/mol. The van der Waals surface area contributed by atoms with Crippen molar-refractivity contribution in [1.29, 1.82) is 0 Å². The highest BCUT2D eigenvalue weighted by atomic mass is 14.7. The second-order valence-electron chi connectivity index (χ2n) is 5.64. The van der Waals surface area contributed by atoms with Crippen molar-refractivity contribution >= 4 is 0 Å². The Hall–Kier alpha value is -0.820. The summed E-state index contributed by atoms with van der Waals surface area (Å²) in [4.78, 5) is 0. The Morgan fingerprint density at radius 3 is 2.59 bits per heavy atom. The van der Waals surface area contributed by atoms with Gasteiger partial charge in [0.25, 0.3) is 0 Å². The van der Waals surface area contributed by atoms with Crippen LogP contribution in [0.3, 0.4) is 0 Å². The minimum absolute atomic E-state index is 0.244. The summed E-state index contributed by atoms with van der Waals surface area (Å²) < 4.78 is 0. The maximum absolute atomic E-state index is 6.44. The lowest BCUT2D eigenvalue weighted by molar-refractivity contribution is 0.256. The zero-order valence-corrected chi connectivity index (χ0v) is 11.2. The van der Waals surface area contributed by atoms with Gasteiger partial charge in [0.2, 0.25) is 0 Å². The Morgan fingerprint density at radius 1 is 1.24 bits per heavy atom. The highest BCUT2D eigenvalue weighted by Crippen LogP contribution is 2.35. The highest BCUT2D eigenvalue weighted by molar-refractivity contribution is 5.26. The normalized spacial score (nSPS) is 26.8. The first-order chi connectivity index (χ1) is 8.20. The van der Waals surface area contributed by atoms with Crippen LogP contribution in [-0.4, -0.2) is 0 Å². The van der Waals surface area contributed by atoms with Crippen LogP contribution in [0.2, 0.25) is 0 Å². The van der Waals surface area contributed by atoms with Crippen molar-refractivity contribution in [3.63, 3.8) is 0 Å². The quantitative estimate of drug-likeness (QED) is 0.833. The van der Waals surface area contributed by atoms with E-state index in [0.29, 0.717) is 5.92 Å². The van der Waals surface area contributed by atoms with Crippen molar-refractivity contribution in [3.8, 4) is 0 Å². The molecule has 1 aromatic rings. The zero-order chi connectivity index (χ0) is 12.3. The average Bonchev–Trinajstić information content (AvgIpc) is 2.39. The molecule has 0 aliphatic heterocycles. The first-order valence-electron chi connectivity index (χ1n) is 7.05. The van der Waals surface area contributed by atoms with Gasteiger partial charge in [-0.3, -0.25) is 0 Å². The van der Waals surface area contributed by atoms with Crippen molar-refractivity contribution in [2.24, 2.45) is 17.6 Å². The van der Waals surface area contributed by atoms with Gasteiger partial charge in [0, 0.05) is 6.04 Å². The van der Waals surface area contributed by atoms with Gasteiger partial charge in [-0.1, -0.05) is 51.0 Å². The first kappa shape index (κ1) is 12.6. The fourth-order valence-corrected chi connectivity index (χ4v) is 2.94. The van der Waals surface area contributed by atoms with Crippen LogP contribution >= 0.6 is 0 Å². The molecule has 94 valence electrons. The summed E-state index contributed by atoms with van der Waals surface area (Å²) in [5.41, 5.74) is 9.18. The molecule has 2 rings (SSSR count). The molecule has 2 N–H and O–H groups in total. The number of rotatable bonds is 3. The molecule has 0 aromatic heterocycles. The Morgan fingerprint density at radius 2 is 1.94 bits per heavy atom. The summed E-state index contributed by atoms with van der Waals surface area (Å²) in [5, 5.41) is 0. The van der Waals surface area contributed by atoms with Crippen molar-refractivity contribution < 1.29 is 0 Å². The maximum atomic E-state index is 6.44. The molecular weight excluding hydrogens is 206 g/mol. The van der Waals surface area contributed by atoms with E-state index in [1.807, 2.05) is 0 Å². The zero-order valence-electron chi connectivity index (χ0n) is 11.2. The second kappa shape index (κ2) is 5.68. The molecule has 0 heterocycles. The molecule has 0 saturated heterocycles. The van der Waals surface area contributed by atoms with Crippen LogP contribution in [-0.2, 0) is 6.42 Å². The summed E-state index contributed by atoms with van der Waals surface area (Å²) >= 11 is 0. The Kier molecular flexibility index (Phi) is 4.22. The van der Waals surface area contributed by atoms with E-state index in [2.05, 4.69) is 38.1 Å². The summed E-state index contributed by atoms with van der Waals surface area (Å²) in [7, 11) is 0. The number of benzene rings is 1. The standard InChI is InChI=1S/C16H25N/c1-3-13-5-4-6-15(11-13)16(17)14-9-7-12(2)8-10-14/h4-6,11-12,14,16H,3,7-10,17H2,1-2H3. The summed E-state index contributed by atoms with van der Waals surface area (Å²) in [6.45, 7) is 4.56. The van der Waals surface area contributed by atoms with Crippen LogP contribution < -0.4 is 5.73 Å². The van der Waals surface area contributed by atoms with Crippen molar-refractivity contribution in [2.45, 2.75) is 52.0 Å². The van der Waals surface area contributed by atoms with Gasteiger partial charge in [0.1, 0.15) is 0 Å². The van der Waals surface area contributed by atoms with Gasteiger partial charge in [-0.15, -0.1) is 0 Å². The van der Waals surface area contributed by atoms with Gasteiger partial charge < -0.3 is 5.73 Å². The van der Waals surface area contributed by atoms with E-state index in [0.717, 1.165) is 12.3 Å². The Balaban J connectivity index is 2.05. The van der Waals surface area contributed by atoms with E-state index in [9.17, 15) is 0 Å². The van der Waals surface area contributed by atoms with Crippen LogP contribution in [0.1, 0.15) is 56.7 Å². The molecule has 17 heavy (non-hydrogen) atoms. The predicted molar refractivity (Wildman–Crippen MR) is 73.9 cm³/mol. The molecule has 1 unspecified atom stereocenters. The first-order valence-corrected chi connectivity index (χ1v) is 7.05. The minimum Gasteiger partial charge on any atom is -0.324 e. The number of hydrogen-bond acceptors (Lipinski definition) is 1. The van der Waals surface area contributed by atoms with Gasteiger partial charge in [-0.25, -0.2) is 0 Å². The van der Waals surface area contributed by atoms with Crippen LogP contribution in [0.15, 0.2) is 24.3 Å².